The van der Waals surface area contributed by atoms with Gasteiger partial charge in [0, 0.05) is 5.69 Å². The second-order valence-corrected chi connectivity index (χ2v) is 4.76. The number of aromatic nitrogens is 1. The van der Waals surface area contributed by atoms with Crippen LogP contribution in [0.25, 0.3) is 0 Å². The van der Waals surface area contributed by atoms with Crippen LogP contribution in [0, 0.1) is 6.92 Å². The van der Waals surface area contributed by atoms with E-state index in [0.29, 0.717) is 5.92 Å². The number of benzene rings is 1. The summed E-state index contributed by atoms with van der Waals surface area (Å²) in [5.74, 6) is -0.170. The minimum absolute atomic E-state index is 0.111. The number of oxazole rings is 1. The van der Waals surface area contributed by atoms with Crippen LogP contribution in [0.3, 0.4) is 0 Å². The van der Waals surface area contributed by atoms with E-state index in [1.807, 2.05) is 19.1 Å². The van der Waals surface area contributed by atoms with E-state index >= 15 is 0 Å². The van der Waals surface area contributed by atoms with E-state index in [1.54, 1.807) is 0 Å². The highest BCUT2D eigenvalue weighted by Crippen LogP contribution is 2.25. The predicted molar refractivity (Wildman–Crippen MR) is 73.6 cm³/mol. The quantitative estimate of drug-likeness (QED) is 0.884. The van der Waals surface area contributed by atoms with Gasteiger partial charge in [0.15, 0.2) is 5.69 Å². The molecule has 0 bridgehead atoms. The lowest BCUT2D eigenvalue weighted by Gasteiger charge is -2.11. The Kier molecular flexibility index (Phi) is 3.55. The molecule has 1 aromatic heterocycles. The first-order chi connectivity index (χ1) is 8.97. The van der Waals surface area contributed by atoms with E-state index in [9.17, 15) is 4.79 Å². The van der Waals surface area contributed by atoms with Crippen molar-refractivity contribution in [2.75, 3.05) is 5.32 Å². The molecule has 0 radical (unpaired) electrons. The lowest BCUT2D eigenvalue weighted by molar-refractivity contribution is 0.0995. The van der Waals surface area contributed by atoms with Crippen molar-refractivity contribution in [3.63, 3.8) is 0 Å². The Morgan fingerprint density at radius 2 is 2.16 bits per heavy atom. The SMILES string of the molecule is Cc1ccc(C(C)C)cc1Nc1nc(C(N)=O)co1. The molecule has 100 valence electrons. The third-order valence-corrected chi connectivity index (χ3v) is 2.93. The lowest BCUT2D eigenvalue weighted by atomic mass is 10.0. The van der Waals surface area contributed by atoms with Crippen molar-refractivity contribution in [1.29, 1.82) is 0 Å². The van der Waals surface area contributed by atoms with Crippen molar-refractivity contribution in [3.8, 4) is 0 Å². The Bertz CT molecular complexity index is 602. The second kappa shape index (κ2) is 5.14. The van der Waals surface area contributed by atoms with Gasteiger partial charge in [-0.05, 0) is 30.0 Å². The summed E-state index contributed by atoms with van der Waals surface area (Å²) in [6.45, 7) is 6.25. The van der Waals surface area contributed by atoms with Crippen molar-refractivity contribution < 1.29 is 9.21 Å². The Hall–Kier alpha value is -2.30. The molecule has 2 aromatic rings. The highest BCUT2D eigenvalue weighted by Gasteiger charge is 2.10. The van der Waals surface area contributed by atoms with E-state index < -0.39 is 5.91 Å². The maximum atomic E-state index is 10.9. The highest BCUT2D eigenvalue weighted by atomic mass is 16.4. The Labute approximate surface area is 111 Å². The van der Waals surface area contributed by atoms with Crippen LogP contribution in [0.15, 0.2) is 28.9 Å². The van der Waals surface area contributed by atoms with Crippen LogP contribution in [0.4, 0.5) is 11.7 Å². The van der Waals surface area contributed by atoms with Gasteiger partial charge >= 0.3 is 0 Å². The number of anilines is 2. The molecule has 0 spiro atoms. The zero-order valence-electron chi connectivity index (χ0n) is 11.2. The van der Waals surface area contributed by atoms with Crippen LogP contribution in [0.1, 0.15) is 41.4 Å². The Morgan fingerprint density at radius 3 is 2.74 bits per heavy atom. The number of primary amides is 1. The van der Waals surface area contributed by atoms with Crippen molar-refractivity contribution in [3.05, 3.63) is 41.3 Å². The summed E-state index contributed by atoms with van der Waals surface area (Å²) in [6.07, 6.45) is 1.24. The van der Waals surface area contributed by atoms with E-state index in [0.717, 1.165) is 11.3 Å². The number of hydrogen-bond acceptors (Lipinski definition) is 4. The molecule has 0 aliphatic rings. The minimum atomic E-state index is -0.607. The number of rotatable bonds is 4. The van der Waals surface area contributed by atoms with Crippen LogP contribution < -0.4 is 11.1 Å². The summed E-state index contributed by atoms with van der Waals surface area (Å²) >= 11 is 0. The summed E-state index contributed by atoms with van der Waals surface area (Å²) < 4.78 is 5.16. The van der Waals surface area contributed by atoms with Crippen molar-refractivity contribution in [1.82, 2.24) is 4.98 Å². The number of nitrogens with one attached hydrogen (secondary N) is 1. The van der Waals surface area contributed by atoms with Crippen molar-refractivity contribution in [2.24, 2.45) is 5.73 Å². The fourth-order valence-corrected chi connectivity index (χ4v) is 1.69. The average molecular weight is 259 g/mol. The van der Waals surface area contributed by atoms with E-state index in [4.69, 9.17) is 10.2 Å². The van der Waals surface area contributed by atoms with Crippen molar-refractivity contribution >= 4 is 17.6 Å². The zero-order valence-corrected chi connectivity index (χ0v) is 11.2. The molecule has 3 N–H and O–H groups in total. The monoisotopic (exact) mass is 259 g/mol. The maximum Gasteiger partial charge on any atom is 0.299 e. The molecule has 19 heavy (non-hydrogen) atoms. The van der Waals surface area contributed by atoms with Gasteiger partial charge in [-0.1, -0.05) is 26.0 Å². The molecule has 0 fully saturated rings. The first-order valence-corrected chi connectivity index (χ1v) is 6.10. The van der Waals surface area contributed by atoms with Gasteiger partial charge in [-0.25, -0.2) is 0 Å². The van der Waals surface area contributed by atoms with Gasteiger partial charge in [0.05, 0.1) is 0 Å². The Balaban J connectivity index is 2.26. The molecule has 2 rings (SSSR count). The molecule has 0 saturated carbocycles. The van der Waals surface area contributed by atoms with Gasteiger partial charge in [0.2, 0.25) is 0 Å². The first-order valence-electron chi connectivity index (χ1n) is 6.10. The molecule has 5 nitrogen and oxygen atoms in total. The van der Waals surface area contributed by atoms with Crippen LogP contribution in [-0.4, -0.2) is 10.9 Å². The number of aryl methyl sites for hydroxylation is 1. The number of carbonyl (C=O) groups is 1. The number of carbonyl (C=O) groups excluding carboxylic acids is 1. The maximum absolute atomic E-state index is 10.9. The number of amides is 1. The third kappa shape index (κ3) is 2.93. The molecule has 0 aliphatic carbocycles. The van der Waals surface area contributed by atoms with Gasteiger partial charge < -0.3 is 15.5 Å². The van der Waals surface area contributed by atoms with E-state index in [-0.39, 0.29) is 11.7 Å². The molecule has 0 atom stereocenters. The summed E-state index contributed by atoms with van der Waals surface area (Å²) in [4.78, 5) is 14.9. The highest BCUT2D eigenvalue weighted by molar-refractivity contribution is 5.90. The third-order valence-electron chi connectivity index (χ3n) is 2.93. The van der Waals surface area contributed by atoms with Crippen LogP contribution >= 0.6 is 0 Å². The fraction of sp³-hybridized carbons (Fsp3) is 0.286. The zero-order chi connectivity index (χ0) is 14.0. The molecule has 5 heteroatoms. The molecular formula is C14H17N3O2. The van der Waals surface area contributed by atoms with Gasteiger partial charge in [-0.15, -0.1) is 0 Å². The van der Waals surface area contributed by atoms with E-state index in [2.05, 4.69) is 30.2 Å². The topological polar surface area (TPSA) is 81.1 Å². The molecular weight excluding hydrogens is 242 g/mol. The second-order valence-electron chi connectivity index (χ2n) is 4.76. The number of nitrogens with zero attached hydrogens (tertiary/aromatic N) is 1. The minimum Gasteiger partial charge on any atom is -0.431 e. The molecule has 0 aliphatic heterocycles. The molecule has 0 unspecified atom stereocenters. The van der Waals surface area contributed by atoms with Crippen LogP contribution in [0.2, 0.25) is 0 Å². The number of nitrogens with two attached hydrogens (primary N) is 1. The normalized spacial score (nSPS) is 10.7. The number of hydrogen-bond donors (Lipinski definition) is 2. The molecule has 0 saturated heterocycles. The Morgan fingerprint density at radius 1 is 1.42 bits per heavy atom. The summed E-state index contributed by atoms with van der Waals surface area (Å²) in [6, 6.07) is 6.44. The van der Waals surface area contributed by atoms with Gasteiger partial charge in [-0.2, -0.15) is 4.98 Å². The van der Waals surface area contributed by atoms with Crippen LogP contribution in [-0.2, 0) is 0 Å². The molecule has 1 aromatic carbocycles. The van der Waals surface area contributed by atoms with Gasteiger partial charge in [0.1, 0.15) is 6.26 Å². The predicted octanol–water partition coefficient (Wildman–Crippen LogP) is 2.95. The van der Waals surface area contributed by atoms with Crippen molar-refractivity contribution in [2.45, 2.75) is 26.7 Å². The largest absolute Gasteiger partial charge is 0.431 e. The smallest absolute Gasteiger partial charge is 0.299 e. The fourth-order valence-electron chi connectivity index (χ4n) is 1.69. The summed E-state index contributed by atoms with van der Waals surface area (Å²) in [5, 5.41) is 3.06. The molecule has 1 heterocycles. The van der Waals surface area contributed by atoms with Gasteiger partial charge in [-0.3, -0.25) is 4.79 Å². The summed E-state index contributed by atoms with van der Waals surface area (Å²) in [5.41, 5.74) is 8.43. The van der Waals surface area contributed by atoms with Crippen LogP contribution in [0.5, 0.6) is 0 Å². The average Bonchev–Trinajstić information content (AvgIpc) is 2.80. The standard InChI is InChI=1S/C14H17N3O2/c1-8(2)10-5-4-9(3)11(6-10)16-14-17-12(7-19-14)13(15)18/h4-8H,1-3H3,(H2,15,18)(H,16,17). The lowest BCUT2D eigenvalue weighted by Crippen LogP contribution is -2.11. The summed E-state index contributed by atoms with van der Waals surface area (Å²) in [7, 11) is 0. The van der Waals surface area contributed by atoms with E-state index in [1.165, 1.54) is 11.8 Å². The van der Waals surface area contributed by atoms with Gasteiger partial charge in [0.25, 0.3) is 11.9 Å². The molecule has 1 amide bonds. The first kappa shape index (κ1) is 13.1.